The van der Waals surface area contributed by atoms with E-state index in [0.717, 1.165) is 39.5 Å². The normalized spacial score (nSPS) is 10.6. The minimum Gasteiger partial charge on any atom is -0.370 e. The Morgan fingerprint density at radius 3 is 2.83 bits per heavy atom. The van der Waals surface area contributed by atoms with Crippen LogP contribution < -0.4 is 5.32 Å². The van der Waals surface area contributed by atoms with Crippen LogP contribution in [0.4, 0.5) is 5.82 Å². The van der Waals surface area contributed by atoms with Crippen molar-refractivity contribution in [1.29, 1.82) is 0 Å². The summed E-state index contributed by atoms with van der Waals surface area (Å²) in [6.45, 7) is 7.04. The molecule has 0 amide bonds. The van der Waals surface area contributed by atoms with Gasteiger partial charge in [-0.15, -0.1) is 11.3 Å². The van der Waals surface area contributed by atoms with Crippen LogP contribution in [0.3, 0.4) is 0 Å². The number of nitrogens with zero attached hydrogens (tertiary/aromatic N) is 3. The maximum Gasteiger partial charge on any atom is 0.156 e. The molecule has 2 aromatic heterocycles. The van der Waals surface area contributed by atoms with Gasteiger partial charge in [0, 0.05) is 23.7 Å². The Kier molecular flexibility index (Phi) is 4.54. The lowest BCUT2D eigenvalue weighted by Gasteiger charge is -2.11. The van der Waals surface area contributed by atoms with Crippen molar-refractivity contribution in [2.75, 3.05) is 11.9 Å². The smallest absolute Gasteiger partial charge is 0.156 e. The van der Waals surface area contributed by atoms with E-state index in [1.807, 2.05) is 25.4 Å². The maximum absolute atomic E-state index is 4.49. The molecular formula is C12H16N4S2. The zero-order chi connectivity index (χ0) is 13.0. The summed E-state index contributed by atoms with van der Waals surface area (Å²) in [4.78, 5) is 13.2. The van der Waals surface area contributed by atoms with Crippen molar-refractivity contribution < 1.29 is 0 Å². The van der Waals surface area contributed by atoms with Gasteiger partial charge in [0.25, 0.3) is 0 Å². The summed E-state index contributed by atoms with van der Waals surface area (Å²) >= 11 is 3.23. The molecule has 2 aromatic rings. The van der Waals surface area contributed by atoms with Gasteiger partial charge in [0.2, 0.25) is 0 Å². The average molecular weight is 280 g/mol. The minimum absolute atomic E-state index is 0.790. The average Bonchev–Trinajstić information content (AvgIpc) is 2.84. The first-order chi connectivity index (χ1) is 8.70. The number of aromatic nitrogens is 3. The van der Waals surface area contributed by atoms with Gasteiger partial charge in [-0.2, -0.15) is 0 Å². The third-order valence-corrected chi connectivity index (χ3v) is 4.32. The Labute approximate surface area is 115 Å². The Hall–Kier alpha value is -1.14. The second kappa shape index (κ2) is 6.15. The molecule has 0 radical (unpaired) electrons. The monoisotopic (exact) mass is 280 g/mol. The molecule has 0 saturated carbocycles. The van der Waals surface area contributed by atoms with Crippen LogP contribution >= 0.6 is 23.1 Å². The lowest BCUT2D eigenvalue weighted by Crippen LogP contribution is -2.07. The van der Waals surface area contributed by atoms with Gasteiger partial charge in [-0.25, -0.2) is 15.0 Å². The predicted molar refractivity (Wildman–Crippen MR) is 76.5 cm³/mol. The zero-order valence-corrected chi connectivity index (χ0v) is 12.4. The van der Waals surface area contributed by atoms with E-state index in [2.05, 4.69) is 27.2 Å². The molecule has 1 N–H and O–H groups in total. The van der Waals surface area contributed by atoms with Gasteiger partial charge in [-0.05, 0) is 32.0 Å². The lowest BCUT2D eigenvalue weighted by molar-refractivity contribution is 0.908. The first-order valence-electron chi connectivity index (χ1n) is 5.87. The van der Waals surface area contributed by atoms with Crippen molar-refractivity contribution >= 4 is 28.9 Å². The fourth-order valence-corrected chi connectivity index (χ4v) is 3.12. The van der Waals surface area contributed by atoms with Gasteiger partial charge < -0.3 is 5.32 Å². The topological polar surface area (TPSA) is 50.7 Å². The number of hydrogen-bond donors (Lipinski definition) is 1. The summed E-state index contributed by atoms with van der Waals surface area (Å²) in [6.07, 6.45) is 2.89. The van der Waals surface area contributed by atoms with Crippen molar-refractivity contribution in [3.05, 3.63) is 23.0 Å². The van der Waals surface area contributed by atoms with Crippen LogP contribution in [0.5, 0.6) is 0 Å². The standard InChI is InChI=1S/C12H16N4S2/c1-4-5-13-10-8(2)11(16-9(3)15-10)18-12-14-6-7-17-12/h6-7H,4-5H2,1-3H3,(H,13,15,16). The molecule has 0 aliphatic rings. The molecule has 4 nitrogen and oxygen atoms in total. The van der Waals surface area contributed by atoms with Gasteiger partial charge in [0.05, 0.1) is 0 Å². The van der Waals surface area contributed by atoms with E-state index in [-0.39, 0.29) is 0 Å². The molecule has 2 heterocycles. The molecule has 0 aliphatic carbocycles. The van der Waals surface area contributed by atoms with Crippen LogP contribution in [0.15, 0.2) is 20.9 Å². The summed E-state index contributed by atoms with van der Waals surface area (Å²) in [5.41, 5.74) is 1.09. The number of nitrogens with one attached hydrogen (secondary N) is 1. The molecule has 0 aromatic carbocycles. The van der Waals surface area contributed by atoms with Gasteiger partial charge in [-0.3, -0.25) is 0 Å². The van der Waals surface area contributed by atoms with Crippen molar-refractivity contribution in [1.82, 2.24) is 15.0 Å². The van der Waals surface area contributed by atoms with E-state index in [1.165, 1.54) is 0 Å². The summed E-state index contributed by atoms with van der Waals surface area (Å²) in [5, 5.41) is 6.30. The molecule has 6 heteroatoms. The number of anilines is 1. The summed E-state index contributed by atoms with van der Waals surface area (Å²) in [7, 11) is 0. The van der Waals surface area contributed by atoms with E-state index in [0.29, 0.717) is 0 Å². The molecule has 96 valence electrons. The Morgan fingerprint density at radius 1 is 1.33 bits per heavy atom. The molecule has 0 fully saturated rings. The fraction of sp³-hybridized carbons (Fsp3) is 0.417. The lowest BCUT2D eigenvalue weighted by atomic mass is 10.3. The summed E-state index contributed by atoms with van der Waals surface area (Å²) < 4.78 is 1.01. The maximum atomic E-state index is 4.49. The van der Waals surface area contributed by atoms with E-state index in [9.17, 15) is 0 Å². The molecule has 0 spiro atoms. The molecule has 0 bridgehead atoms. The van der Waals surface area contributed by atoms with Gasteiger partial charge in [-0.1, -0.05) is 6.92 Å². The van der Waals surface area contributed by atoms with Crippen LogP contribution in [-0.2, 0) is 0 Å². The summed E-state index contributed by atoms with van der Waals surface area (Å²) in [5.74, 6) is 1.72. The third kappa shape index (κ3) is 3.20. The molecular weight excluding hydrogens is 264 g/mol. The highest BCUT2D eigenvalue weighted by atomic mass is 32.2. The van der Waals surface area contributed by atoms with Crippen LogP contribution in [0, 0.1) is 13.8 Å². The number of aryl methyl sites for hydroxylation is 1. The third-order valence-electron chi connectivity index (χ3n) is 2.35. The predicted octanol–water partition coefficient (Wildman–Crippen LogP) is 3.52. The van der Waals surface area contributed by atoms with E-state index in [4.69, 9.17) is 0 Å². The van der Waals surface area contributed by atoms with Crippen LogP contribution in [0.25, 0.3) is 0 Å². The Bertz CT molecular complexity index is 511. The molecule has 0 atom stereocenters. The van der Waals surface area contributed by atoms with Crippen molar-refractivity contribution in [2.24, 2.45) is 0 Å². The van der Waals surface area contributed by atoms with E-state index >= 15 is 0 Å². The quantitative estimate of drug-likeness (QED) is 0.849. The number of hydrogen-bond acceptors (Lipinski definition) is 6. The minimum atomic E-state index is 0.790. The highest BCUT2D eigenvalue weighted by Gasteiger charge is 2.11. The molecule has 2 rings (SSSR count). The van der Waals surface area contributed by atoms with Crippen LogP contribution in [0.2, 0.25) is 0 Å². The zero-order valence-electron chi connectivity index (χ0n) is 10.7. The highest BCUT2D eigenvalue weighted by Crippen LogP contribution is 2.32. The van der Waals surface area contributed by atoms with Crippen LogP contribution in [-0.4, -0.2) is 21.5 Å². The van der Waals surface area contributed by atoms with Crippen molar-refractivity contribution in [3.63, 3.8) is 0 Å². The number of thiazole rings is 1. The second-order valence-electron chi connectivity index (χ2n) is 3.88. The van der Waals surface area contributed by atoms with Gasteiger partial charge >= 0.3 is 0 Å². The fourth-order valence-electron chi connectivity index (χ4n) is 1.46. The Balaban J connectivity index is 2.26. The number of rotatable bonds is 5. The first-order valence-corrected chi connectivity index (χ1v) is 7.56. The largest absolute Gasteiger partial charge is 0.370 e. The summed E-state index contributed by atoms with van der Waals surface area (Å²) in [6, 6.07) is 0. The highest BCUT2D eigenvalue weighted by molar-refractivity contribution is 8.01. The first kappa shape index (κ1) is 13.3. The SMILES string of the molecule is CCCNc1nc(C)nc(Sc2nccs2)c1C. The molecule has 0 aliphatic heterocycles. The molecule has 18 heavy (non-hydrogen) atoms. The van der Waals surface area contributed by atoms with E-state index in [1.54, 1.807) is 23.1 Å². The molecule has 0 saturated heterocycles. The van der Waals surface area contributed by atoms with Gasteiger partial charge in [0.15, 0.2) is 4.34 Å². The van der Waals surface area contributed by atoms with E-state index < -0.39 is 0 Å². The van der Waals surface area contributed by atoms with Crippen molar-refractivity contribution in [2.45, 2.75) is 36.6 Å². The molecule has 0 unspecified atom stereocenters. The Morgan fingerprint density at radius 2 is 2.17 bits per heavy atom. The van der Waals surface area contributed by atoms with Crippen molar-refractivity contribution in [3.8, 4) is 0 Å². The van der Waals surface area contributed by atoms with Gasteiger partial charge in [0.1, 0.15) is 16.7 Å². The second-order valence-corrected chi connectivity index (χ2v) is 6.01. The van der Waals surface area contributed by atoms with Crippen LogP contribution in [0.1, 0.15) is 24.7 Å².